The van der Waals surface area contributed by atoms with E-state index in [4.69, 9.17) is 0 Å². The summed E-state index contributed by atoms with van der Waals surface area (Å²) in [6.07, 6.45) is 0.937. The standard InChI is InChI=1S/C15H18N2O3S/c1-11-10-21-15(20)17(11)8-4-7-14(19)16-13-6-3-2-5-12(13)9-18/h2-3,5-6,10,18H,4,7-9H2,1H3,(H,16,19). The molecule has 1 heterocycles. The highest BCUT2D eigenvalue weighted by atomic mass is 32.1. The zero-order valence-electron chi connectivity index (χ0n) is 11.8. The number of aryl methyl sites for hydroxylation is 1. The molecule has 21 heavy (non-hydrogen) atoms. The van der Waals surface area contributed by atoms with Gasteiger partial charge in [0, 0.05) is 35.3 Å². The average Bonchev–Trinajstić information content (AvgIpc) is 2.79. The Morgan fingerprint density at radius 1 is 1.38 bits per heavy atom. The topological polar surface area (TPSA) is 71.3 Å². The molecule has 0 bridgehead atoms. The molecular formula is C15H18N2O3S. The van der Waals surface area contributed by atoms with Crippen LogP contribution in [0.4, 0.5) is 5.69 Å². The van der Waals surface area contributed by atoms with E-state index in [0.29, 0.717) is 30.6 Å². The van der Waals surface area contributed by atoms with Gasteiger partial charge in [0.25, 0.3) is 0 Å². The van der Waals surface area contributed by atoms with Gasteiger partial charge < -0.3 is 15.0 Å². The molecule has 0 aliphatic rings. The van der Waals surface area contributed by atoms with E-state index in [9.17, 15) is 14.7 Å². The lowest BCUT2D eigenvalue weighted by Gasteiger charge is -2.09. The first-order chi connectivity index (χ1) is 10.1. The summed E-state index contributed by atoms with van der Waals surface area (Å²) in [5, 5.41) is 13.8. The third-order valence-corrected chi connectivity index (χ3v) is 4.10. The van der Waals surface area contributed by atoms with Gasteiger partial charge in [0.2, 0.25) is 5.91 Å². The second-order valence-electron chi connectivity index (χ2n) is 4.76. The Hall–Kier alpha value is -1.92. The molecule has 2 aromatic rings. The number of anilines is 1. The number of carbonyl (C=O) groups is 1. The Balaban J connectivity index is 1.87. The molecule has 0 saturated carbocycles. The van der Waals surface area contributed by atoms with E-state index in [1.165, 1.54) is 11.3 Å². The van der Waals surface area contributed by atoms with Crippen LogP contribution in [0.15, 0.2) is 34.4 Å². The third kappa shape index (κ3) is 4.03. The Kier molecular flexibility index (Phi) is 5.30. The number of hydrogen-bond donors (Lipinski definition) is 2. The summed E-state index contributed by atoms with van der Waals surface area (Å²) < 4.78 is 1.68. The van der Waals surface area contributed by atoms with Crippen molar-refractivity contribution in [2.45, 2.75) is 32.9 Å². The van der Waals surface area contributed by atoms with Gasteiger partial charge in [-0.15, -0.1) is 0 Å². The summed E-state index contributed by atoms with van der Waals surface area (Å²) in [6.45, 7) is 2.32. The van der Waals surface area contributed by atoms with E-state index in [1.807, 2.05) is 24.4 Å². The fourth-order valence-electron chi connectivity index (χ4n) is 2.07. The molecule has 1 amide bonds. The first-order valence-electron chi connectivity index (χ1n) is 6.75. The van der Waals surface area contributed by atoms with Crippen molar-refractivity contribution in [1.82, 2.24) is 4.57 Å². The van der Waals surface area contributed by atoms with Crippen LogP contribution < -0.4 is 10.2 Å². The summed E-state index contributed by atoms with van der Waals surface area (Å²) in [7, 11) is 0. The minimum atomic E-state index is -0.114. The van der Waals surface area contributed by atoms with E-state index >= 15 is 0 Å². The van der Waals surface area contributed by atoms with Crippen molar-refractivity contribution < 1.29 is 9.90 Å². The molecule has 5 nitrogen and oxygen atoms in total. The number of amides is 1. The first-order valence-corrected chi connectivity index (χ1v) is 7.63. The van der Waals surface area contributed by atoms with Crippen molar-refractivity contribution in [2.24, 2.45) is 0 Å². The lowest BCUT2D eigenvalue weighted by Crippen LogP contribution is -2.17. The summed E-state index contributed by atoms with van der Waals surface area (Å²) in [5.74, 6) is -0.114. The number of nitrogens with zero attached hydrogens (tertiary/aromatic N) is 1. The van der Waals surface area contributed by atoms with Crippen molar-refractivity contribution in [1.29, 1.82) is 0 Å². The van der Waals surface area contributed by atoms with Crippen LogP contribution in [0.5, 0.6) is 0 Å². The minimum absolute atomic E-state index is 0.0125. The van der Waals surface area contributed by atoms with Crippen LogP contribution in [0.3, 0.4) is 0 Å². The van der Waals surface area contributed by atoms with Gasteiger partial charge in [0.15, 0.2) is 0 Å². The van der Waals surface area contributed by atoms with Crippen LogP contribution in [0.2, 0.25) is 0 Å². The minimum Gasteiger partial charge on any atom is -0.392 e. The average molecular weight is 306 g/mol. The molecule has 0 aliphatic heterocycles. The molecule has 2 rings (SSSR count). The van der Waals surface area contributed by atoms with Gasteiger partial charge in [-0.05, 0) is 19.4 Å². The summed E-state index contributed by atoms with van der Waals surface area (Å²) in [6, 6.07) is 7.15. The molecule has 6 heteroatoms. The number of thiazole rings is 1. The molecular weight excluding hydrogens is 288 g/mol. The highest BCUT2D eigenvalue weighted by Gasteiger charge is 2.07. The predicted octanol–water partition coefficient (Wildman–Crippen LogP) is 2.13. The Bertz CT molecular complexity index is 676. The molecule has 1 aromatic carbocycles. The van der Waals surface area contributed by atoms with Crippen molar-refractivity contribution in [3.8, 4) is 0 Å². The number of carbonyl (C=O) groups excluding carboxylic acids is 1. The lowest BCUT2D eigenvalue weighted by atomic mass is 10.2. The van der Waals surface area contributed by atoms with E-state index in [2.05, 4.69) is 5.32 Å². The van der Waals surface area contributed by atoms with Gasteiger partial charge in [-0.25, -0.2) is 0 Å². The molecule has 0 unspecified atom stereocenters. The number of hydrogen-bond acceptors (Lipinski definition) is 4. The van der Waals surface area contributed by atoms with Crippen molar-refractivity contribution >= 4 is 22.9 Å². The molecule has 0 spiro atoms. The van der Waals surface area contributed by atoms with E-state index in [0.717, 1.165) is 5.69 Å². The van der Waals surface area contributed by atoms with Crippen molar-refractivity contribution in [2.75, 3.05) is 5.32 Å². The summed E-state index contributed by atoms with van der Waals surface area (Å²) in [4.78, 5) is 23.5. The largest absolute Gasteiger partial charge is 0.392 e. The van der Waals surface area contributed by atoms with Gasteiger partial charge >= 0.3 is 4.87 Å². The highest BCUT2D eigenvalue weighted by molar-refractivity contribution is 7.07. The number of aliphatic hydroxyl groups excluding tert-OH is 1. The van der Waals surface area contributed by atoms with E-state index in [1.54, 1.807) is 16.7 Å². The maximum atomic E-state index is 11.9. The summed E-state index contributed by atoms with van der Waals surface area (Å²) >= 11 is 1.18. The monoisotopic (exact) mass is 306 g/mol. The Labute approximate surface area is 126 Å². The van der Waals surface area contributed by atoms with Crippen LogP contribution in [0, 0.1) is 6.92 Å². The molecule has 1 aromatic heterocycles. The molecule has 112 valence electrons. The maximum absolute atomic E-state index is 11.9. The number of aliphatic hydroxyl groups is 1. The number of aromatic nitrogens is 1. The normalized spacial score (nSPS) is 10.6. The number of benzene rings is 1. The molecule has 0 fully saturated rings. The van der Waals surface area contributed by atoms with Gasteiger partial charge in [-0.2, -0.15) is 0 Å². The second kappa shape index (κ2) is 7.19. The molecule has 0 saturated heterocycles. The molecule has 0 aliphatic carbocycles. The molecule has 0 atom stereocenters. The third-order valence-electron chi connectivity index (χ3n) is 3.22. The fourth-order valence-corrected chi connectivity index (χ4v) is 2.83. The predicted molar refractivity (Wildman–Crippen MR) is 83.5 cm³/mol. The van der Waals surface area contributed by atoms with Gasteiger partial charge in [0.05, 0.1) is 6.61 Å². The van der Waals surface area contributed by atoms with Crippen LogP contribution >= 0.6 is 11.3 Å². The van der Waals surface area contributed by atoms with Gasteiger partial charge in [0.1, 0.15) is 0 Å². The highest BCUT2D eigenvalue weighted by Crippen LogP contribution is 2.15. The number of para-hydroxylation sites is 1. The van der Waals surface area contributed by atoms with Crippen LogP contribution in [-0.4, -0.2) is 15.6 Å². The zero-order valence-corrected chi connectivity index (χ0v) is 12.7. The molecule has 0 radical (unpaired) electrons. The second-order valence-corrected chi connectivity index (χ2v) is 5.58. The smallest absolute Gasteiger partial charge is 0.307 e. The van der Waals surface area contributed by atoms with Crippen molar-refractivity contribution in [3.63, 3.8) is 0 Å². The Morgan fingerprint density at radius 2 is 2.14 bits per heavy atom. The maximum Gasteiger partial charge on any atom is 0.307 e. The summed E-state index contributed by atoms with van der Waals surface area (Å²) in [5.41, 5.74) is 2.25. The zero-order chi connectivity index (χ0) is 15.2. The van der Waals surface area contributed by atoms with Crippen LogP contribution in [0.1, 0.15) is 24.1 Å². The SMILES string of the molecule is Cc1csc(=O)n1CCCC(=O)Nc1ccccc1CO. The van der Waals surface area contributed by atoms with E-state index in [-0.39, 0.29) is 17.4 Å². The van der Waals surface area contributed by atoms with Crippen molar-refractivity contribution in [3.05, 3.63) is 50.6 Å². The fraction of sp³-hybridized carbons (Fsp3) is 0.333. The number of rotatable bonds is 6. The first kappa shape index (κ1) is 15.5. The van der Waals surface area contributed by atoms with Gasteiger partial charge in [-0.1, -0.05) is 29.5 Å². The quantitative estimate of drug-likeness (QED) is 0.859. The molecule has 2 N–H and O–H groups in total. The lowest BCUT2D eigenvalue weighted by molar-refractivity contribution is -0.116. The van der Waals surface area contributed by atoms with Gasteiger partial charge in [-0.3, -0.25) is 9.59 Å². The van der Waals surface area contributed by atoms with Crippen LogP contribution in [0.25, 0.3) is 0 Å². The Morgan fingerprint density at radius 3 is 2.81 bits per heavy atom. The van der Waals surface area contributed by atoms with Crippen LogP contribution in [-0.2, 0) is 17.9 Å². The number of nitrogens with one attached hydrogen (secondary N) is 1. The van der Waals surface area contributed by atoms with E-state index < -0.39 is 0 Å².